The lowest BCUT2D eigenvalue weighted by Crippen LogP contribution is -2.37. The van der Waals surface area contributed by atoms with Crippen LogP contribution in [0.3, 0.4) is 0 Å². The molecule has 0 saturated carbocycles. The number of carboxylic acid groups (broad SMARTS) is 1. The summed E-state index contributed by atoms with van der Waals surface area (Å²) in [5.74, 6) is -1.33. The van der Waals surface area contributed by atoms with E-state index in [1.165, 1.54) is 4.90 Å². The zero-order valence-corrected chi connectivity index (χ0v) is 10.1. The highest BCUT2D eigenvalue weighted by Crippen LogP contribution is 2.08. The Bertz CT molecular complexity index is 387. The third-order valence-electron chi connectivity index (χ3n) is 2.35. The van der Waals surface area contributed by atoms with Gasteiger partial charge in [-0.1, -0.05) is 44.2 Å². The van der Waals surface area contributed by atoms with Crippen molar-refractivity contribution in [3.05, 3.63) is 35.9 Å². The second-order valence-corrected chi connectivity index (χ2v) is 4.23. The number of hydrogen-bond acceptors (Lipinski definition) is 2. The zero-order valence-electron chi connectivity index (χ0n) is 10.1. The molecule has 0 aliphatic carbocycles. The smallest absolute Gasteiger partial charge is 0.323 e. The van der Waals surface area contributed by atoms with Crippen LogP contribution in [0.25, 0.3) is 0 Å². The lowest BCUT2D eigenvalue weighted by molar-refractivity contribution is -0.146. The number of nitrogens with zero attached hydrogens (tertiary/aromatic N) is 1. The molecule has 0 spiro atoms. The van der Waals surface area contributed by atoms with E-state index in [1.54, 1.807) is 13.8 Å². The molecule has 1 rings (SSSR count). The first-order valence-electron chi connectivity index (χ1n) is 5.55. The molecular weight excluding hydrogens is 218 g/mol. The van der Waals surface area contributed by atoms with Crippen molar-refractivity contribution in [1.29, 1.82) is 0 Å². The standard InChI is InChI=1S/C13H17NO3/c1-10(2)13(17)14(9-12(15)16)8-11-6-4-3-5-7-11/h3-7,10H,8-9H2,1-2H3,(H,15,16). The molecular formula is C13H17NO3. The predicted octanol–water partition coefficient (Wildman–Crippen LogP) is 1.76. The number of aliphatic carboxylic acids is 1. The summed E-state index contributed by atoms with van der Waals surface area (Å²) in [5, 5.41) is 8.80. The van der Waals surface area contributed by atoms with Crippen molar-refractivity contribution in [2.24, 2.45) is 5.92 Å². The molecule has 4 heteroatoms. The zero-order chi connectivity index (χ0) is 12.8. The van der Waals surface area contributed by atoms with Crippen LogP contribution < -0.4 is 0 Å². The molecule has 0 aromatic heterocycles. The highest BCUT2D eigenvalue weighted by molar-refractivity contribution is 5.82. The van der Waals surface area contributed by atoms with Crippen molar-refractivity contribution in [3.8, 4) is 0 Å². The SMILES string of the molecule is CC(C)C(=O)N(CC(=O)O)Cc1ccccc1. The molecule has 17 heavy (non-hydrogen) atoms. The van der Waals surface area contributed by atoms with Gasteiger partial charge < -0.3 is 10.0 Å². The Balaban J connectivity index is 2.77. The molecule has 1 aromatic rings. The monoisotopic (exact) mass is 235 g/mol. The molecule has 0 saturated heterocycles. The number of rotatable bonds is 5. The van der Waals surface area contributed by atoms with E-state index in [2.05, 4.69) is 0 Å². The highest BCUT2D eigenvalue weighted by atomic mass is 16.4. The van der Waals surface area contributed by atoms with Gasteiger partial charge in [0.25, 0.3) is 0 Å². The fraction of sp³-hybridized carbons (Fsp3) is 0.385. The number of carbonyl (C=O) groups excluding carboxylic acids is 1. The van der Waals surface area contributed by atoms with E-state index in [4.69, 9.17) is 5.11 Å². The Hall–Kier alpha value is -1.84. The lowest BCUT2D eigenvalue weighted by Gasteiger charge is -2.22. The van der Waals surface area contributed by atoms with Gasteiger partial charge in [-0.2, -0.15) is 0 Å². The molecule has 1 aromatic carbocycles. The Kier molecular flexibility index (Phi) is 4.69. The summed E-state index contributed by atoms with van der Waals surface area (Å²) in [6.45, 7) is 3.61. The Morgan fingerprint density at radius 2 is 1.82 bits per heavy atom. The van der Waals surface area contributed by atoms with E-state index in [9.17, 15) is 9.59 Å². The third-order valence-corrected chi connectivity index (χ3v) is 2.35. The van der Waals surface area contributed by atoms with Gasteiger partial charge in [0.05, 0.1) is 0 Å². The maximum absolute atomic E-state index is 11.8. The number of carbonyl (C=O) groups is 2. The van der Waals surface area contributed by atoms with Crippen molar-refractivity contribution in [2.45, 2.75) is 20.4 Å². The fourth-order valence-corrected chi connectivity index (χ4v) is 1.54. The summed E-state index contributed by atoms with van der Waals surface area (Å²) in [6.07, 6.45) is 0. The van der Waals surface area contributed by atoms with Crippen LogP contribution in [0.15, 0.2) is 30.3 Å². The molecule has 1 N–H and O–H groups in total. The summed E-state index contributed by atoms with van der Waals surface area (Å²) in [6, 6.07) is 9.38. The van der Waals surface area contributed by atoms with Gasteiger partial charge in [-0.05, 0) is 5.56 Å². The van der Waals surface area contributed by atoms with E-state index >= 15 is 0 Å². The van der Waals surface area contributed by atoms with Crippen molar-refractivity contribution >= 4 is 11.9 Å². The van der Waals surface area contributed by atoms with Gasteiger partial charge in [0, 0.05) is 12.5 Å². The van der Waals surface area contributed by atoms with Gasteiger partial charge in [0.15, 0.2) is 0 Å². The molecule has 0 unspecified atom stereocenters. The van der Waals surface area contributed by atoms with Gasteiger partial charge >= 0.3 is 5.97 Å². The van der Waals surface area contributed by atoms with Crippen LogP contribution >= 0.6 is 0 Å². The van der Waals surface area contributed by atoms with Crippen LogP contribution in [-0.2, 0) is 16.1 Å². The summed E-state index contributed by atoms with van der Waals surface area (Å²) >= 11 is 0. The van der Waals surface area contributed by atoms with Gasteiger partial charge in [0.2, 0.25) is 5.91 Å². The van der Waals surface area contributed by atoms with Crippen LogP contribution in [-0.4, -0.2) is 28.4 Å². The first-order chi connectivity index (χ1) is 8.00. The van der Waals surface area contributed by atoms with Crippen molar-refractivity contribution < 1.29 is 14.7 Å². The van der Waals surface area contributed by atoms with E-state index in [1.807, 2.05) is 30.3 Å². The summed E-state index contributed by atoms with van der Waals surface area (Å²) < 4.78 is 0. The first kappa shape index (κ1) is 13.2. The summed E-state index contributed by atoms with van der Waals surface area (Å²) in [5.41, 5.74) is 0.933. The molecule has 0 aliphatic rings. The van der Waals surface area contributed by atoms with Crippen LogP contribution in [0.1, 0.15) is 19.4 Å². The minimum atomic E-state index is -0.991. The second kappa shape index (κ2) is 6.03. The summed E-state index contributed by atoms with van der Waals surface area (Å²) in [4.78, 5) is 23.9. The molecule has 0 fully saturated rings. The second-order valence-electron chi connectivity index (χ2n) is 4.23. The lowest BCUT2D eigenvalue weighted by atomic mass is 10.1. The minimum absolute atomic E-state index is 0.142. The maximum atomic E-state index is 11.8. The number of hydrogen-bond donors (Lipinski definition) is 1. The van der Waals surface area contributed by atoms with E-state index < -0.39 is 5.97 Å². The molecule has 0 radical (unpaired) electrons. The molecule has 0 atom stereocenters. The maximum Gasteiger partial charge on any atom is 0.323 e. The molecule has 92 valence electrons. The first-order valence-corrected chi connectivity index (χ1v) is 5.55. The van der Waals surface area contributed by atoms with Crippen molar-refractivity contribution in [3.63, 3.8) is 0 Å². The van der Waals surface area contributed by atoms with E-state index in [0.717, 1.165) is 5.56 Å². The van der Waals surface area contributed by atoms with Gasteiger partial charge in [-0.25, -0.2) is 0 Å². The Morgan fingerprint density at radius 1 is 1.24 bits per heavy atom. The molecule has 1 amide bonds. The molecule has 0 bridgehead atoms. The van der Waals surface area contributed by atoms with Crippen LogP contribution in [0.2, 0.25) is 0 Å². The molecule has 4 nitrogen and oxygen atoms in total. The van der Waals surface area contributed by atoms with Crippen LogP contribution in [0, 0.1) is 5.92 Å². The number of benzene rings is 1. The highest BCUT2D eigenvalue weighted by Gasteiger charge is 2.19. The van der Waals surface area contributed by atoms with Gasteiger partial charge in [-0.3, -0.25) is 9.59 Å². The molecule has 0 aliphatic heterocycles. The minimum Gasteiger partial charge on any atom is -0.480 e. The fourth-order valence-electron chi connectivity index (χ4n) is 1.54. The third kappa shape index (κ3) is 4.26. The summed E-state index contributed by atoms with van der Waals surface area (Å²) in [7, 11) is 0. The Labute approximate surface area is 101 Å². The number of carboxylic acids is 1. The largest absolute Gasteiger partial charge is 0.480 e. The Morgan fingerprint density at radius 3 is 2.29 bits per heavy atom. The van der Waals surface area contributed by atoms with Crippen LogP contribution in [0.5, 0.6) is 0 Å². The van der Waals surface area contributed by atoms with Crippen molar-refractivity contribution in [1.82, 2.24) is 4.90 Å². The van der Waals surface area contributed by atoms with E-state index in [0.29, 0.717) is 6.54 Å². The van der Waals surface area contributed by atoms with Crippen molar-refractivity contribution in [2.75, 3.05) is 6.54 Å². The van der Waals surface area contributed by atoms with Gasteiger partial charge in [-0.15, -0.1) is 0 Å². The normalized spacial score (nSPS) is 10.3. The topological polar surface area (TPSA) is 57.6 Å². The quantitative estimate of drug-likeness (QED) is 0.846. The van der Waals surface area contributed by atoms with Gasteiger partial charge in [0.1, 0.15) is 6.54 Å². The average Bonchev–Trinajstić information content (AvgIpc) is 2.28. The predicted molar refractivity (Wildman–Crippen MR) is 64.3 cm³/mol. The average molecular weight is 235 g/mol. The number of amides is 1. The van der Waals surface area contributed by atoms with Crippen LogP contribution in [0.4, 0.5) is 0 Å². The van der Waals surface area contributed by atoms with E-state index in [-0.39, 0.29) is 18.4 Å². The molecule has 0 heterocycles.